The van der Waals surface area contributed by atoms with Gasteiger partial charge in [0.15, 0.2) is 0 Å². The number of nitrogens with zero attached hydrogens (tertiary/aromatic N) is 1. The van der Waals surface area contributed by atoms with Crippen LogP contribution in [-0.4, -0.2) is 40.2 Å². The fourth-order valence-corrected chi connectivity index (χ4v) is 2.02. The van der Waals surface area contributed by atoms with Crippen molar-refractivity contribution in [3.05, 3.63) is 0 Å². The third-order valence-electron chi connectivity index (χ3n) is 2.63. The average molecular weight is 228 g/mol. The van der Waals surface area contributed by atoms with Crippen molar-refractivity contribution in [1.29, 1.82) is 0 Å². The maximum Gasteiger partial charge on any atom is 0.324 e. The van der Waals surface area contributed by atoms with Crippen molar-refractivity contribution in [3.8, 4) is 0 Å². The molecular formula is C10H20N2O2Si. The Bertz CT molecular complexity index is 233. The zero-order chi connectivity index (χ0) is 11.1. The van der Waals surface area contributed by atoms with Crippen LogP contribution in [0.1, 0.15) is 32.1 Å². The van der Waals surface area contributed by atoms with Gasteiger partial charge in [-0.15, -0.1) is 0 Å². The maximum atomic E-state index is 11.6. The van der Waals surface area contributed by atoms with Crippen molar-refractivity contribution in [2.45, 2.75) is 38.1 Å². The molecule has 0 saturated carbocycles. The predicted molar refractivity (Wildman–Crippen MR) is 62.9 cm³/mol. The van der Waals surface area contributed by atoms with Crippen LogP contribution in [0.25, 0.3) is 0 Å². The van der Waals surface area contributed by atoms with E-state index in [9.17, 15) is 9.59 Å². The summed E-state index contributed by atoms with van der Waals surface area (Å²) in [5.41, 5.74) is 0. The molecule has 3 amide bonds. The molecule has 5 heteroatoms. The van der Waals surface area contributed by atoms with E-state index >= 15 is 0 Å². The highest BCUT2D eigenvalue weighted by atomic mass is 28.1. The van der Waals surface area contributed by atoms with Crippen LogP contribution in [0.5, 0.6) is 0 Å². The number of urea groups is 1. The first-order valence-corrected chi connectivity index (χ1v) is 7.25. The largest absolute Gasteiger partial charge is 0.338 e. The van der Waals surface area contributed by atoms with E-state index in [0.717, 1.165) is 25.7 Å². The molecule has 0 unspecified atom stereocenters. The highest BCUT2D eigenvalue weighted by Gasteiger charge is 2.22. The van der Waals surface area contributed by atoms with Crippen LogP contribution in [0.3, 0.4) is 0 Å². The molecule has 0 aromatic carbocycles. The number of carbonyl (C=O) groups is 2. The third kappa shape index (κ3) is 4.03. The quantitative estimate of drug-likeness (QED) is 0.557. The minimum Gasteiger partial charge on any atom is -0.338 e. The van der Waals surface area contributed by atoms with E-state index in [4.69, 9.17) is 0 Å². The lowest BCUT2D eigenvalue weighted by Gasteiger charge is -2.18. The van der Waals surface area contributed by atoms with Crippen LogP contribution in [0.15, 0.2) is 0 Å². The summed E-state index contributed by atoms with van der Waals surface area (Å²) in [4.78, 5) is 24.6. The van der Waals surface area contributed by atoms with Gasteiger partial charge in [-0.25, -0.2) is 4.79 Å². The summed E-state index contributed by atoms with van der Waals surface area (Å²) in [6, 6.07) is 0.992. The van der Waals surface area contributed by atoms with E-state index in [2.05, 4.69) is 5.32 Å². The summed E-state index contributed by atoms with van der Waals surface area (Å²) >= 11 is 0. The first-order valence-electron chi connectivity index (χ1n) is 5.84. The second-order valence-electron chi connectivity index (χ2n) is 3.94. The summed E-state index contributed by atoms with van der Waals surface area (Å²) in [7, 11) is 1.17. The van der Waals surface area contributed by atoms with Gasteiger partial charge in [0, 0.05) is 29.8 Å². The number of amides is 3. The van der Waals surface area contributed by atoms with Gasteiger partial charge in [0.25, 0.3) is 0 Å². The normalized spacial score (nSPS) is 17.6. The van der Waals surface area contributed by atoms with Crippen LogP contribution in [0.2, 0.25) is 6.04 Å². The molecule has 0 aromatic heterocycles. The van der Waals surface area contributed by atoms with Crippen molar-refractivity contribution < 1.29 is 9.59 Å². The maximum absolute atomic E-state index is 11.6. The second-order valence-corrected chi connectivity index (χ2v) is 4.94. The third-order valence-corrected chi connectivity index (χ3v) is 3.33. The monoisotopic (exact) mass is 228 g/mol. The van der Waals surface area contributed by atoms with Crippen LogP contribution in [-0.2, 0) is 4.79 Å². The molecule has 1 aliphatic heterocycles. The molecule has 1 aliphatic rings. The number of carbonyl (C=O) groups excluding carboxylic acids is 2. The Kier molecular flexibility index (Phi) is 5.38. The summed E-state index contributed by atoms with van der Waals surface area (Å²) in [6.07, 6.45) is 4.47. The van der Waals surface area contributed by atoms with Gasteiger partial charge >= 0.3 is 6.03 Å². The number of imide groups is 1. The highest BCUT2D eigenvalue weighted by Crippen LogP contribution is 2.10. The average Bonchev–Trinajstić information content (AvgIpc) is 2.43. The molecule has 1 heterocycles. The van der Waals surface area contributed by atoms with Crippen LogP contribution in [0, 0.1) is 0 Å². The molecule has 4 nitrogen and oxygen atoms in total. The van der Waals surface area contributed by atoms with Gasteiger partial charge in [-0.1, -0.05) is 12.5 Å². The Morgan fingerprint density at radius 2 is 2.20 bits per heavy atom. The van der Waals surface area contributed by atoms with E-state index < -0.39 is 0 Å². The zero-order valence-corrected chi connectivity index (χ0v) is 11.4. The van der Waals surface area contributed by atoms with E-state index in [1.165, 1.54) is 21.2 Å². The Balaban J connectivity index is 2.38. The molecule has 0 atom stereocenters. The molecule has 15 heavy (non-hydrogen) atoms. The first kappa shape index (κ1) is 12.2. The van der Waals surface area contributed by atoms with Crippen molar-refractivity contribution in [1.82, 2.24) is 10.2 Å². The lowest BCUT2D eigenvalue weighted by atomic mass is 10.2. The summed E-state index contributed by atoms with van der Waals surface area (Å²) in [5.74, 6) is -0.0177. The highest BCUT2D eigenvalue weighted by molar-refractivity contribution is 6.08. The molecule has 0 spiro atoms. The SMILES string of the molecule is O=C1CCCCCN1C(=O)NCCC[SiH3]. The Morgan fingerprint density at radius 1 is 1.40 bits per heavy atom. The molecule has 86 valence electrons. The number of likely N-dealkylation sites (tertiary alicyclic amines) is 1. The molecule has 0 aliphatic carbocycles. The number of hydrogen-bond acceptors (Lipinski definition) is 2. The molecule has 1 rings (SSSR count). The van der Waals surface area contributed by atoms with E-state index in [1.807, 2.05) is 0 Å². The topological polar surface area (TPSA) is 49.4 Å². The Morgan fingerprint density at radius 3 is 2.93 bits per heavy atom. The van der Waals surface area contributed by atoms with Gasteiger partial charge in [-0.05, 0) is 19.3 Å². The van der Waals surface area contributed by atoms with Crippen LogP contribution in [0.4, 0.5) is 4.79 Å². The molecule has 1 saturated heterocycles. The minimum atomic E-state index is -0.197. The smallest absolute Gasteiger partial charge is 0.324 e. The lowest BCUT2D eigenvalue weighted by molar-refractivity contribution is -0.127. The van der Waals surface area contributed by atoms with Crippen molar-refractivity contribution >= 4 is 22.2 Å². The van der Waals surface area contributed by atoms with E-state index in [-0.39, 0.29) is 11.9 Å². The minimum absolute atomic E-state index is 0.0177. The summed E-state index contributed by atoms with van der Waals surface area (Å²) in [5, 5.41) is 2.80. The standard InChI is InChI=1S/C10H20N2O2Si/c13-9-5-2-1-3-7-12(9)10(14)11-6-4-8-15/h1-8H2,15H3,(H,11,14). The van der Waals surface area contributed by atoms with Crippen molar-refractivity contribution in [2.75, 3.05) is 13.1 Å². The van der Waals surface area contributed by atoms with Gasteiger partial charge < -0.3 is 5.32 Å². The van der Waals surface area contributed by atoms with E-state index in [1.54, 1.807) is 0 Å². The number of rotatable bonds is 3. The molecular weight excluding hydrogens is 208 g/mol. The Hall–Kier alpha value is -0.843. The molecule has 1 N–H and O–H groups in total. The molecule has 0 radical (unpaired) electrons. The van der Waals surface area contributed by atoms with Gasteiger partial charge in [-0.3, -0.25) is 9.69 Å². The molecule has 0 aromatic rings. The molecule has 0 bridgehead atoms. The van der Waals surface area contributed by atoms with Crippen LogP contribution >= 0.6 is 0 Å². The van der Waals surface area contributed by atoms with Crippen molar-refractivity contribution in [3.63, 3.8) is 0 Å². The summed E-state index contributed by atoms with van der Waals surface area (Å²) in [6.45, 7) is 1.29. The number of nitrogens with one attached hydrogen (secondary N) is 1. The first-order chi connectivity index (χ1) is 7.25. The predicted octanol–water partition coefficient (Wildman–Crippen LogP) is 0.272. The Labute approximate surface area is 93.8 Å². The van der Waals surface area contributed by atoms with Crippen LogP contribution < -0.4 is 5.32 Å². The zero-order valence-electron chi connectivity index (χ0n) is 9.42. The second kappa shape index (κ2) is 6.61. The van der Waals surface area contributed by atoms with Crippen molar-refractivity contribution in [2.24, 2.45) is 0 Å². The fourth-order valence-electron chi connectivity index (χ4n) is 1.66. The van der Waals surface area contributed by atoms with Gasteiger partial charge in [0.2, 0.25) is 5.91 Å². The summed E-state index contributed by atoms with van der Waals surface area (Å²) < 4.78 is 0. The number of hydrogen-bond donors (Lipinski definition) is 1. The van der Waals surface area contributed by atoms with Gasteiger partial charge in [0.05, 0.1) is 0 Å². The lowest BCUT2D eigenvalue weighted by Crippen LogP contribution is -2.43. The fraction of sp³-hybridized carbons (Fsp3) is 0.800. The van der Waals surface area contributed by atoms with Gasteiger partial charge in [0.1, 0.15) is 0 Å². The van der Waals surface area contributed by atoms with E-state index in [0.29, 0.717) is 19.5 Å². The van der Waals surface area contributed by atoms with Gasteiger partial charge in [-0.2, -0.15) is 0 Å². The molecule has 1 fully saturated rings.